The molecule has 5 heteroatoms. The maximum absolute atomic E-state index is 10.4. The monoisotopic (exact) mass is 232 g/mol. The maximum atomic E-state index is 10.4. The van der Waals surface area contributed by atoms with Gasteiger partial charge in [0.05, 0.1) is 0 Å². The first-order valence-corrected chi connectivity index (χ1v) is 6.67. The van der Waals surface area contributed by atoms with Crippen molar-refractivity contribution >= 4 is 10.9 Å². The molecule has 0 saturated carbocycles. The third kappa shape index (κ3) is 15.7. The molecule has 14 heavy (non-hydrogen) atoms. The molecule has 0 aliphatic rings. The van der Waals surface area contributed by atoms with Gasteiger partial charge in [-0.25, -0.2) is 0 Å². The van der Waals surface area contributed by atoms with E-state index in [2.05, 4.69) is 6.92 Å². The van der Waals surface area contributed by atoms with E-state index in [0.29, 0.717) is 6.42 Å². The van der Waals surface area contributed by atoms with E-state index in [1.807, 2.05) is 0 Å². The van der Waals surface area contributed by atoms with Gasteiger partial charge < -0.3 is 13.7 Å². The third-order valence-electron chi connectivity index (χ3n) is 2.01. The third-order valence-corrected chi connectivity index (χ3v) is 2.83. The van der Waals surface area contributed by atoms with E-state index in [9.17, 15) is 4.55 Å². The molecule has 0 aromatic rings. The van der Waals surface area contributed by atoms with Gasteiger partial charge in [-0.2, -0.15) is 0 Å². The summed E-state index contributed by atoms with van der Waals surface area (Å²) in [7, 11) is -3.47. The Morgan fingerprint density at radius 1 is 0.929 bits per heavy atom. The summed E-state index contributed by atoms with van der Waals surface area (Å²) in [5.74, 6) is 0.0285. The Labute approximate surface area is 111 Å². The summed E-state index contributed by atoms with van der Waals surface area (Å²) in [5.41, 5.74) is 0. The Kier molecular flexibility index (Phi) is 13.5. The van der Waals surface area contributed by atoms with Gasteiger partial charge in [-0.15, -0.1) is 10.9 Å². The molecule has 0 amide bonds. The van der Waals surface area contributed by atoms with E-state index in [4.69, 9.17) is 9.11 Å². The molecule has 0 radical (unpaired) electrons. The normalized spacial score (nSPS) is 12.3. The van der Waals surface area contributed by atoms with Gasteiger partial charge in [0.15, 0.2) is 0 Å². The van der Waals surface area contributed by atoms with Crippen molar-refractivity contribution in [1.82, 2.24) is 0 Å². The van der Waals surface area contributed by atoms with Crippen LogP contribution in [0.15, 0.2) is 0 Å². The van der Waals surface area contributed by atoms with Crippen LogP contribution in [0.4, 0.5) is 0 Å². The van der Waals surface area contributed by atoms with E-state index in [0.717, 1.165) is 12.8 Å². The van der Waals surface area contributed by atoms with Gasteiger partial charge in [0, 0.05) is 5.75 Å². The van der Waals surface area contributed by atoms with Crippen LogP contribution in [0.1, 0.15) is 51.9 Å². The second-order valence-corrected chi connectivity index (χ2v) is 5.05. The molecule has 0 atom stereocenters. The predicted molar refractivity (Wildman–Crippen MR) is 56.5 cm³/mol. The second kappa shape index (κ2) is 10.7. The summed E-state index contributed by atoms with van der Waals surface area (Å²) in [6.07, 6.45) is 7.67. The van der Waals surface area contributed by atoms with Crippen molar-refractivity contribution < 1.29 is 43.2 Å². The molecule has 0 aliphatic carbocycles. The molecule has 0 heterocycles. The smallest absolute Gasteiger partial charge is 0.773 e. The standard InChI is InChI=1S/C9H22O3S.Na/c1-2-3-4-5-6-7-8-9-13(10,11)12;/h10-12H,2-9H2,1H3;/q;+1/p-1. The molecular formula is C9H21NaO3S. The van der Waals surface area contributed by atoms with Crippen molar-refractivity contribution in [2.45, 2.75) is 51.9 Å². The van der Waals surface area contributed by atoms with E-state index >= 15 is 0 Å². The Hall–Kier alpha value is 1.23. The van der Waals surface area contributed by atoms with Crippen LogP contribution in [-0.2, 0) is 0 Å². The van der Waals surface area contributed by atoms with E-state index < -0.39 is 10.9 Å². The van der Waals surface area contributed by atoms with Crippen molar-refractivity contribution in [1.29, 1.82) is 0 Å². The van der Waals surface area contributed by atoms with Crippen LogP contribution < -0.4 is 29.6 Å². The van der Waals surface area contributed by atoms with Gasteiger partial charge >= 0.3 is 29.6 Å². The summed E-state index contributed by atoms with van der Waals surface area (Å²) in [6.45, 7) is 2.17. The predicted octanol–water partition coefficient (Wildman–Crippen LogP) is 0.622. The molecule has 0 bridgehead atoms. The minimum Gasteiger partial charge on any atom is -0.773 e. The first kappa shape index (κ1) is 17.6. The minimum atomic E-state index is -3.47. The molecule has 0 aromatic carbocycles. The molecule has 82 valence electrons. The van der Waals surface area contributed by atoms with E-state index in [-0.39, 0.29) is 35.3 Å². The van der Waals surface area contributed by atoms with Gasteiger partial charge in [-0.05, 0) is 6.42 Å². The Morgan fingerprint density at radius 2 is 1.36 bits per heavy atom. The first-order chi connectivity index (χ1) is 6.06. The second-order valence-electron chi connectivity index (χ2n) is 3.43. The van der Waals surface area contributed by atoms with Crippen LogP contribution in [0.2, 0.25) is 0 Å². The Balaban J connectivity index is 0. The SMILES string of the molecule is CCCCCCCCCS([O-])(O)O.[Na+]. The number of hydrogen-bond donors (Lipinski definition) is 2. The average Bonchev–Trinajstić information content (AvgIpc) is 2.01. The van der Waals surface area contributed by atoms with Crippen molar-refractivity contribution in [3.8, 4) is 0 Å². The van der Waals surface area contributed by atoms with Gasteiger partial charge in [0.25, 0.3) is 0 Å². The fourth-order valence-electron chi connectivity index (χ4n) is 1.25. The fraction of sp³-hybridized carbons (Fsp3) is 1.00. The molecule has 2 N–H and O–H groups in total. The zero-order chi connectivity index (χ0) is 10.2. The molecule has 0 aliphatic heterocycles. The van der Waals surface area contributed by atoms with Gasteiger partial charge in [0.2, 0.25) is 0 Å². The average molecular weight is 232 g/mol. The maximum Gasteiger partial charge on any atom is 1.00 e. The van der Waals surface area contributed by atoms with Crippen LogP contribution in [-0.4, -0.2) is 19.4 Å². The number of rotatable bonds is 8. The minimum absolute atomic E-state index is 0. The largest absolute Gasteiger partial charge is 1.00 e. The molecule has 0 fully saturated rings. The quantitative estimate of drug-likeness (QED) is 0.476. The van der Waals surface area contributed by atoms with Crippen LogP contribution in [0.5, 0.6) is 0 Å². The Bertz CT molecular complexity index is 117. The van der Waals surface area contributed by atoms with E-state index in [1.54, 1.807) is 0 Å². The molecular weight excluding hydrogens is 211 g/mol. The van der Waals surface area contributed by atoms with Crippen LogP contribution in [0.3, 0.4) is 0 Å². The molecule has 0 saturated heterocycles. The topological polar surface area (TPSA) is 63.5 Å². The van der Waals surface area contributed by atoms with Crippen molar-refractivity contribution in [2.24, 2.45) is 0 Å². The fourth-order valence-corrected chi connectivity index (χ4v) is 1.83. The summed E-state index contributed by atoms with van der Waals surface area (Å²) < 4.78 is 27.5. The van der Waals surface area contributed by atoms with Crippen LogP contribution in [0, 0.1) is 0 Å². The van der Waals surface area contributed by atoms with Crippen molar-refractivity contribution in [3.63, 3.8) is 0 Å². The van der Waals surface area contributed by atoms with Gasteiger partial charge in [-0.3, -0.25) is 0 Å². The summed E-state index contributed by atoms with van der Waals surface area (Å²) in [6, 6.07) is 0. The molecule has 3 nitrogen and oxygen atoms in total. The van der Waals surface area contributed by atoms with Crippen molar-refractivity contribution in [2.75, 3.05) is 5.75 Å². The zero-order valence-electron chi connectivity index (χ0n) is 9.37. The van der Waals surface area contributed by atoms with Crippen molar-refractivity contribution in [3.05, 3.63) is 0 Å². The Morgan fingerprint density at radius 3 is 1.79 bits per heavy atom. The van der Waals surface area contributed by atoms with Gasteiger partial charge in [-0.1, -0.05) is 45.4 Å². The zero-order valence-corrected chi connectivity index (χ0v) is 12.2. The first-order valence-electron chi connectivity index (χ1n) is 5.03. The molecule has 0 unspecified atom stereocenters. The molecule has 0 rings (SSSR count). The summed E-state index contributed by atoms with van der Waals surface area (Å²) in [4.78, 5) is 0. The summed E-state index contributed by atoms with van der Waals surface area (Å²) in [5, 5.41) is 0. The van der Waals surface area contributed by atoms with Crippen LogP contribution >= 0.6 is 10.9 Å². The molecule has 0 aromatic heterocycles. The van der Waals surface area contributed by atoms with E-state index in [1.165, 1.54) is 25.7 Å². The number of unbranched alkanes of at least 4 members (excludes halogenated alkanes) is 6. The van der Waals surface area contributed by atoms with Gasteiger partial charge in [0.1, 0.15) is 0 Å². The molecule has 0 spiro atoms. The van der Waals surface area contributed by atoms with Crippen LogP contribution in [0.25, 0.3) is 0 Å². The number of hydrogen-bond acceptors (Lipinski definition) is 3. The summed E-state index contributed by atoms with van der Waals surface area (Å²) >= 11 is 0.